The second-order valence-corrected chi connectivity index (χ2v) is 4.14. The van der Waals surface area contributed by atoms with E-state index in [0.29, 0.717) is 17.1 Å². The highest BCUT2D eigenvalue weighted by Gasteiger charge is 2.20. The minimum absolute atomic E-state index is 0. The summed E-state index contributed by atoms with van der Waals surface area (Å²) in [5, 5.41) is 0. The van der Waals surface area contributed by atoms with Crippen LogP contribution in [0.25, 0.3) is 0 Å². The smallest absolute Gasteiger partial charge is 0.163 e. The lowest BCUT2D eigenvalue weighted by Crippen LogP contribution is -2.20. The van der Waals surface area contributed by atoms with Gasteiger partial charge in [0.1, 0.15) is 5.82 Å². The molecule has 1 aromatic carbocycles. The van der Waals surface area contributed by atoms with Crippen molar-refractivity contribution in [3.05, 3.63) is 23.5 Å². The summed E-state index contributed by atoms with van der Waals surface area (Å²) < 4.78 is 24.1. The molecule has 0 saturated heterocycles. The molecule has 0 amide bonds. The Kier molecular flexibility index (Phi) is 7.02. The second-order valence-electron chi connectivity index (χ2n) is 4.14. The van der Waals surface area contributed by atoms with E-state index in [1.807, 2.05) is 13.8 Å². The first kappa shape index (κ1) is 17.0. The van der Waals surface area contributed by atoms with Crippen LogP contribution >= 0.6 is 12.4 Å². The lowest BCUT2D eigenvalue weighted by atomic mass is 9.93. The zero-order valence-corrected chi connectivity index (χ0v) is 12.0. The average Bonchev–Trinajstić information content (AvgIpc) is 2.36. The molecule has 104 valence electrons. The fraction of sp³-hybridized carbons (Fsp3) is 0.538. The number of hydrogen-bond donors (Lipinski definition) is 1. The maximum absolute atomic E-state index is 13.9. The van der Waals surface area contributed by atoms with Crippen LogP contribution in [-0.2, 0) is 0 Å². The molecule has 0 aliphatic carbocycles. The molecule has 18 heavy (non-hydrogen) atoms. The van der Waals surface area contributed by atoms with Gasteiger partial charge in [0.15, 0.2) is 11.5 Å². The van der Waals surface area contributed by atoms with E-state index >= 15 is 0 Å². The Labute approximate surface area is 114 Å². The maximum Gasteiger partial charge on any atom is 0.163 e. The van der Waals surface area contributed by atoms with Gasteiger partial charge in [-0.05, 0) is 12.0 Å². The highest BCUT2D eigenvalue weighted by Crippen LogP contribution is 2.34. The van der Waals surface area contributed by atoms with Gasteiger partial charge in [0.2, 0.25) is 0 Å². The van der Waals surface area contributed by atoms with Crippen LogP contribution in [0.5, 0.6) is 11.5 Å². The molecule has 1 aromatic rings. The average molecular weight is 278 g/mol. The molecule has 0 aliphatic rings. The molecule has 0 radical (unpaired) electrons. The van der Waals surface area contributed by atoms with Crippen LogP contribution in [0.1, 0.15) is 31.9 Å². The Morgan fingerprint density at radius 1 is 1.22 bits per heavy atom. The van der Waals surface area contributed by atoms with Gasteiger partial charge in [-0.1, -0.05) is 20.3 Å². The molecule has 1 rings (SSSR count). The molecular formula is C13H21ClFNO2. The third-order valence-corrected chi connectivity index (χ3v) is 3.12. The summed E-state index contributed by atoms with van der Waals surface area (Å²) in [5.41, 5.74) is 6.50. The summed E-state index contributed by atoms with van der Waals surface area (Å²) in [6, 6.07) is 2.60. The minimum atomic E-state index is -0.351. The van der Waals surface area contributed by atoms with Gasteiger partial charge in [-0.2, -0.15) is 0 Å². The Bertz CT molecular complexity index is 387. The van der Waals surface area contributed by atoms with Crippen molar-refractivity contribution in [3.8, 4) is 11.5 Å². The molecule has 5 heteroatoms. The fourth-order valence-corrected chi connectivity index (χ4v) is 1.69. The number of methoxy groups -OCH3 is 2. The molecule has 2 atom stereocenters. The first-order valence-electron chi connectivity index (χ1n) is 5.72. The number of hydrogen-bond acceptors (Lipinski definition) is 3. The van der Waals surface area contributed by atoms with E-state index in [4.69, 9.17) is 15.2 Å². The van der Waals surface area contributed by atoms with Crippen molar-refractivity contribution in [2.24, 2.45) is 11.7 Å². The van der Waals surface area contributed by atoms with E-state index < -0.39 is 0 Å². The van der Waals surface area contributed by atoms with Crippen molar-refractivity contribution in [2.75, 3.05) is 14.2 Å². The Hall–Kier alpha value is -1.00. The SMILES string of the molecule is CCC(C)[C@@H](N)c1cc(OC)c(OC)cc1F.Cl. The van der Waals surface area contributed by atoms with E-state index in [0.717, 1.165) is 6.42 Å². The first-order valence-corrected chi connectivity index (χ1v) is 5.72. The summed E-state index contributed by atoms with van der Waals surface area (Å²) in [5.74, 6) is 0.741. The topological polar surface area (TPSA) is 44.5 Å². The zero-order valence-electron chi connectivity index (χ0n) is 11.2. The van der Waals surface area contributed by atoms with Crippen molar-refractivity contribution < 1.29 is 13.9 Å². The van der Waals surface area contributed by atoms with Crippen molar-refractivity contribution in [1.82, 2.24) is 0 Å². The fourth-order valence-electron chi connectivity index (χ4n) is 1.69. The predicted molar refractivity (Wildman–Crippen MR) is 73.1 cm³/mol. The van der Waals surface area contributed by atoms with Crippen molar-refractivity contribution in [1.29, 1.82) is 0 Å². The number of halogens is 2. The van der Waals surface area contributed by atoms with Crippen LogP contribution in [-0.4, -0.2) is 14.2 Å². The van der Waals surface area contributed by atoms with Crippen LogP contribution < -0.4 is 15.2 Å². The molecular weight excluding hydrogens is 257 g/mol. The number of ether oxygens (including phenoxy) is 2. The zero-order chi connectivity index (χ0) is 13.0. The second kappa shape index (κ2) is 7.44. The predicted octanol–water partition coefficient (Wildman–Crippen LogP) is 3.31. The van der Waals surface area contributed by atoms with E-state index in [1.165, 1.54) is 20.3 Å². The summed E-state index contributed by atoms with van der Waals surface area (Å²) in [6.07, 6.45) is 0.898. The van der Waals surface area contributed by atoms with Crippen LogP contribution in [0.2, 0.25) is 0 Å². The quantitative estimate of drug-likeness (QED) is 0.898. The number of rotatable bonds is 5. The summed E-state index contributed by atoms with van der Waals surface area (Å²) in [4.78, 5) is 0. The monoisotopic (exact) mass is 277 g/mol. The molecule has 0 heterocycles. The molecule has 0 spiro atoms. The van der Waals surface area contributed by atoms with Gasteiger partial charge in [0, 0.05) is 17.7 Å². The summed E-state index contributed by atoms with van der Waals surface area (Å²) in [7, 11) is 3.00. The molecule has 2 N–H and O–H groups in total. The van der Waals surface area contributed by atoms with Gasteiger partial charge in [-0.25, -0.2) is 4.39 Å². The van der Waals surface area contributed by atoms with Crippen molar-refractivity contribution >= 4 is 12.4 Å². The molecule has 0 aromatic heterocycles. The van der Waals surface area contributed by atoms with Gasteiger partial charge >= 0.3 is 0 Å². The summed E-state index contributed by atoms with van der Waals surface area (Å²) >= 11 is 0. The van der Waals surface area contributed by atoms with Crippen LogP contribution in [0.3, 0.4) is 0 Å². The standard InChI is InChI=1S/C13H20FNO2.ClH/c1-5-8(2)13(15)9-6-11(16-3)12(17-4)7-10(9)14;/h6-8,13H,5,15H2,1-4H3;1H/t8?,13-;/m1./s1. The highest BCUT2D eigenvalue weighted by molar-refractivity contribution is 5.85. The van der Waals surface area contributed by atoms with Crippen LogP contribution in [0.15, 0.2) is 12.1 Å². The van der Waals surface area contributed by atoms with E-state index in [9.17, 15) is 4.39 Å². The number of nitrogens with two attached hydrogens (primary N) is 1. The van der Waals surface area contributed by atoms with Gasteiger partial charge in [-0.15, -0.1) is 12.4 Å². The Balaban J connectivity index is 0.00000289. The molecule has 3 nitrogen and oxygen atoms in total. The van der Waals surface area contributed by atoms with Crippen LogP contribution in [0.4, 0.5) is 4.39 Å². The summed E-state index contributed by atoms with van der Waals surface area (Å²) in [6.45, 7) is 4.03. The lowest BCUT2D eigenvalue weighted by Gasteiger charge is -2.20. The lowest BCUT2D eigenvalue weighted by molar-refractivity contribution is 0.349. The van der Waals surface area contributed by atoms with Gasteiger partial charge < -0.3 is 15.2 Å². The van der Waals surface area contributed by atoms with Crippen molar-refractivity contribution in [2.45, 2.75) is 26.3 Å². The third kappa shape index (κ3) is 3.50. The van der Waals surface area contributed by atoms with E-state index in [1.54, 1.807) is 6.07 Å². The highest BCUT2D eigenvalue weighted by atomic mass is 35.5. The Morgan fingerprint density at radius 2 is 1.72 bits per heavy atom. The van der Waals surface area contributed by atoms with Gasteiger partial charge in [0.25, 0.3) is 0 Å². The Morgan fingerprint density at radius 3 is 2.17 bits per heavy atom. The molecule has 1 unspecified atom stereocenters. The molecule has 0 fully saturated rings. The van der Waals surface area contributed by atoms with Crippen LogP contribution in [0, 0.1) is 11.7 Å². The minimum Gasteiger partial charge on any atom is -0.493 e. The first-order chi connectivity index (χ1) is 8.04. The third-order valence-electron chi connectivity index (χ3n) is 3.12. The molecule has 0 saturated carbocycles. The van der Waals surface area contributed by atoms with E-state index in [2.05, 4.69) is 0 Å². The molecule has 0 aliphatic heterocycles. The normalized spacial score (nSPS) is 13.4. The maximum atomic E-state index is 13.9. The van der Waals surface area contributed by atoms with Gasteiger partial charge in [0.05, 0.1) is 14.2 Å². The largest absolute Gasteiger partial charge is 0.493 e. The van der Waals surface area contributed by atoms with Crippen molar-refractivity contribution in [3.63, 3.8) is 0 Å². The van der Waals surface area contributed by atoms with Gasteiger partial charge in [-0.3, -0.25) is 0 Å². The number of benzene rings is 1. The van der Waals surface area contributed by atoms with E-state index in [-0.39, 0.29) is 30.2 Å². The molecule has 0 bridgehead atoms.